The van der Waals surface area contributed by atoms with Crippen molar-refractivity contribution >= 4 is 41.4 Å². The van der Waals surface area contributed by atoms with Crippen LogP contribution in [0.3, 0.4) is 0 Å². The number of thiol groups is 1. The summed E-state index contributed by atoms with van der Waals surface area (Å²) < 4.78 is 0.00194. The third-order valence-corrected chi connectivity index (χ3v) is 0.551. The van der Waals surface area contributed by atoms with Gasteiger partial charge in [-0.3, -0.25) is 9.59 Å². The van der Waals surface area contributed by atoms with Crippen LogP contribution in [0.15, 0.2) is 0 Å². The molecule has 0 atom stereocenters. The van der Waals surface area contributed by atoms with E-state index in [0.29, 0.717) is 0 Å². The number of amides is 1. The summed E-state index contributed by atoms with van der Waals surface area (Å²) in [5, 5.41) is 1.98. The summed E-state index contributed by atoms with van der Waals surface area (Å²) in [6.45, 7) is 0. The highest BCUT2D eigenvalue weighted by molar-refractivity contribution is 8.11. The van der Waals surface area contributed by atoms with Gasteiger partial charge in [0.05, 0.1) is 0 Å². The fourth-order valence-corrected chi connectivity index (χ4v) is 0.346. The molecule has 0 aliphatic heterocycles. The van der Waals surface area contributed by atoms with E-state index >= 15 is 0 Å². The number of aldehydes is 1. The molecule has 0 aromatic heterocycles. The lowest BCUT2D eigenvalue weighted by Gasteiger charge is -1.89. The van der Waals surface area contributed by atoms with Gasteiger partial charge in [0.1, 0.15) is 4.32 Å². The number of rotatable bonds is 1. The Balaban J connectivity index is 3.55. The van der Waals surface area contributed by atoms with Gasteiger partial charge < -0.3 is 5.32 Å². The van der Waals surface area contributed by atoms with Crippen molar-refractivity contribution in [1.29, 1.82) is 0 Å². The highest BCUT2D eigenvalue weighted by Gasteiger charge is 1.94. The zero-order chi connectivity index (χ0) is 6.57. The number of hydrogen-bond acceptors (Lipinski definition) is 3. The van der Waals surface area contributed by atoms with Gasteiger partial charge in [0.25, 0.3) is 5.91 Å². The predicted octanol–water partition coefficient (Wildman–Crippen LogP) is -0.484. The molecule has 0 heterocycles. The summed E-state index contributed by atoms with van der Waals surface area (Å²) in [7, 11) is 0. The van der Waals surface area contributed by atoms with Gasteiger partial charge in [-0.05, 0) is 0 Å². The first-order valence-corrected chi connectivity index (χ1v) is 2.51. The number of thiocarbonyl (C=S) groups is 1. The summed E-state index contributed by atoms with van der Waals surface area (Å²) in [4.78, 5) is 19.5. The Hall–Kier alpha value is -0.420. The van der Waals surface area contributed by atoms with Gasteiger partial charge in [-0.25, -0.2) is 0 Å². The molecule has 0 fully saturated rings. The Morgan fingerprint density at radius 3 is 2.38 bits per heavy atom. The maximum Gasteiger partial charge on any atom is 0.289 e. The molecule has 0 unspecified atom stereocenters. The number of nitrogens with one attached hydrogen (secondary N) is 1. The Labute approximate surface area is 56.9 Å². The largest absolute Gasteiger partial charge is 0.305 e. The molecule has 0 radical (unpaired) electrons. The van der Waals surface area contributed by atoms with Crippen LogP contribution in [0.2, 0.25) is 0 Å². The topological polar surface area (TPSA) is 46.2 Å². The van der Waals surface area contributed by atoms with Crippen LogP contribution in [0.5, 0.6) is 0 Å². The van der Waals surface area contributed by atoms with Crippen LogP contribution in [-0.2, 0) is 9.59 Å². The minimum absolute atomic E-state index is 0.00194. The van der Waals surface area contributed by atoms with Crippen molar-refractivity contribution in [2.45, 2.75) is 0 Å². The second kappa shape index (κ2) is 3.57. The maximum absolute atomic E-state index is 10.0. The van der Waals surface area contributed by atoms with E-state index in [4.69, 9.17) is 0 Å². The highest BCUT2D eigenvalue weighted by Crippen LogP contribution is 1.74. The first kappa shape index (κ1) is 7.58. The molecule has 0 aliphatic rings. The molecule has 0 spiro atoms. The molecule has 0 aliphatic carbocycles. The monoisotopic (exact) mass is 149 g/mol. The molecule has 8 heavy (non-hydrogen) atoms. The summed E-state index contributed by atoms with van der Waals surface area (Å²) in [5.41, 5.74) is 0. The Morgan fingerprint density at radius 2 is 2.25 bits per heavy atom. The van der Waals surface area contributed by atoms with E-state index in [9.17, 15) is 9.59 Å². The molecule has 0 saturated carbocycles. The molecule has 3 nitrogen and oxygen atoms in total. The summed E-state index contributed by atoms with van der Waals surface area (Å²) >= 11 is 7.84. The summed E-state index contributed by atoms with van der Waals surface area (Å²) in [6, 6.07) is 0. The lowest BCUT2D eigenvalue weighted by atomic mass is 10.7. The van der Waals surface area contributed by atoms with Gasteiger partial charge >= 0.3 is 0 Å². The molecule has 0 aromatic rings. The van der Waals surface area contributed by atoms with Crippen molar-refractivity contribution < 1.29 is 9.59 Å². The number of hydrogen-bond donors (Lipinski definition) is 2. The molecule has 0 aromatic carbocycles. The lowest BCUT2D eigenvalue weighted by Crippen LogP contribution is -2.25. The Bertz CT molecular complexity index is 133. The molecular formula is C3H3NO2S2. The van der Waals surface area contributed by atoms with Crippen molar-refractivity contribution in [2.75, 3.05) is 0 Å². The van der Waals surface area contributed by atoms with E-state index in [1.807, 2.05) is 5.32 Å². The molecule has 1 amide bonds. The van der Waals surface area contributed by atoms with Crippen molar-refractivity contribution in [3.05, 3.63) is 0 Å². The van der Waals surface area contributed by atoms with Crippen LogP contribution >= 0.6 is 24.8 Å². The predicted molar refractivity (Wildman–Crippen MR) is 35.8 cm³/mol. The van der Waals surface area contributed by atoms with Crippen molar-refractivity contribution in [2.24, 2.45) is 0 Å². The fraction of sp³-hybridized carbons (Fsp3) is 0. The van der Waals surface area contributed by atoms with Crippen LogP contribution in [-0.4, -0.2) is 16.5 Å². The molecular weight excluding hydrogens is 146 g/mol. The Kier molecular flexibility index (Phi) is 3.38. The van der Waals surface area contributed by atoms with E-state index in [1.165, 1.54) is 0 Å². The van der Waals surface area contributed by atoms with Crippen LogP contribution in [0.25, 0.3) is 0 Å². The van der Waals surface area contributed by atoms with Crippen LogP contribution in [0.1, 0.15) is 0 Å². The average molecular weight is 149 g/mol. The van der Waals surface area contributed by atoms with Crippen molar-refractivity contribution in [3.8, 4) is 0 Å². The van der Waals surface area contributed by atoms with E-state index in [1.54, 1.807) is 0 Å². The van der Waals surface area contributed by atoms with E-state index in [-0.39, 0.29) is 10.6 Å². The smallest absolute Gasteiger partial charge is 0.289 e. The lowest BCUT2D eigenvalue weighted by molar-refractivity contribution is -0.130. The molecule has 44 valence electrons. The van der Waals surface area contributed by atoms with Crippen LogP contribution in [0.4, 0.5) is 0 Å². The van der Waals surface area contributed by atoms with Gasteiger partial charge in [0.2, 0.25) is 6.29 Å². The van der Waals surface area contributed by atoms with Gasteiger partial charge in [0, 0.05) is 0 Å². The zero-order valence-electron chi connectivity index (χ0n) is 3.75. The van der Waals surface area contributed by atoms with Crippen molar-refractivity contribution in [1.82, 2.24) is 5.32 Å². The minimum atomic E-state index is -0.773. The van der Waals surface area contributed by atoms with Crippen molar-refractivity contribution in [3.63, 3.8) is 0 Å². The first-order chi connectivity index (χ1) is 3.66. The second-order valence-corrected chi connectivity index (χ2v) is 2.07. The van der Waals surface area contributed by atoms with Gasteiger partial charge in [-0.1, -0.05) is 12.2 Å². The van der Waals surface area contributed by atoms with Gasteiger partial charge in [0.15, 0.2) is 0 Å². The number of carbonyl (C=O) groups excluding carboxylic acids is 2. The Morgan fingerprint density at radius 1 is 1.75 bits per heavy atom. The third-order valence-electron chi connectivity index (χ3n) is 0.337. The summed E-state index contributed by atoms with van der Waals surface area (Å²) in [5.74, 6) is -0.773. The third kappa shape index (κ3) is 3.76. The average Bonchev–Trinajstić information content (AvgIpc) is 1.65. The van der Waals surface area contributed by atoms with Crippen LogP contribution < -0.4 is 5.32 Å². The molecule has 5 heteroatoms. The van der Waals surface area contributed by atoms with E-state index in [0.717, 1.165) is 0 Å². The van der Waals surface area contributed by atoms with E-state index in [2.05, 4.69) is 24.8 Å². The van der Waals surface area contributed by atoms with Gasteiger partial charge in [-0.15, -0.1) is 12.6 Å². The quantitative estimate of drug-likeness (QED) is 0.229. The van der Waals surface area contributed by atoms with E-state index < -0.39 is 5.91 Å². The number of carbonyl (C=O) groups is 2. The standard InChI is InChI=1S/C3H3NO2S2/c5-1-2(6)4-3(7)8/h1H,(H2,4,6,7,8). The first-order valence-electron chi connectivity index (χ1n) is 1.66. The van der Waals surface area contributed by atoms with Gasteiger partial charge in [-0.2, -0.15) is 0 Å². The summed E-state index contributed by atoms with van der Waals surface area (Å²) in [6.07, 6.45) is 0.127. The second-order valence-electron chi connectivity index (χ2n) is 0.912. The minimum Gasteiger partial charge on any atom is -0.305 e. The zero-order valence-corrected chi connectivity index (χ0v) is 5.46. The molecule has 0 bridgehead atoms. The molecule has 1 N–H and O–H groups in total. The molecule has 0 rings (SSSR count). The normalized spacial score (nSPS) is 7.62. The maximum atomic E-state index is 10.0. The fourth-order valence-electron chi connectivity index (χ4n) is 0.135. The molecule has 0 saturated heterocycles. The van der Waals surface area contributed by atoms with Crippen LogP contribution in [0, 0.1) is 0 Å². The SMILES string of the molecule is O=CC(=O)NC(=S)S. The highest BCUT2D eigenvalue weighted by atomic mass is 32.1.